The summed E-state index contributed by atoms with van der Waals surface area (Å²) in [6.45, 7) is 2.19. The second-order valence-electron chi connectivity index (χ2n) is 3.07. The fourth-order valence-corrected chi connectivity index (χ4v) is 1.12. The van der Waals surface area contributed by atoms with Crippen LogP contribution in [0.3, 0.4) is 0 Å². The summed E-state index contributed by atoms with van der Waals surface area (Å²) in [5.41, 5.74) is 0. The van der Waals surface area contributed by atoms with E-state index in [4.69, 9.17) is 4.74 Å². The Balaban J connectivity index is 2.18. The molecule has 0 aromatic heterocycles. The molecule has 2 nitrogen and oxygen atoms in total. The smallest absolute Gasteiger partial charge is 0.330 e. The van der Waals surface area contributed by atoms with Gasteiger partial charge in [-0.25, -0.2) is 4.79 Å². The molecule has 0 bridgehead atoms. The van der Waals surface area contributed by atoms with Crippen molar-refractivity contribution in [3.05, 3.63) is 68.1 Å². The van der Waals surface area contributed by atoms with E-state index in [0.29, 0.717) is 6.61 Å². The lowest BCUT2D eigenvalue weighted by atomic mass is 10.1. The maximum Gasteiger partial charge on any atom is 0.330 e. The van der Waals surface area contributed by atoms with Crippen LogP contribution in [-0.4, -0.2) is 12.6 Å². The Morgan fingerprint density at radius 1 is 1.19 bits per heavy atom. The molecule has 0 unspecified atom stereocenters. The fourth-order valence-electron chi connectivity index (χ4n) is 1.12. The van der Waals surface area contributed by atoms with Gasteiger partial charge in [-0.15, -0.1) is 0 Å². The van der Waals surface area contributed by atoms with Gasteiger partial charge in [0.25, 0.3) is 0 Å². The minimum Gasteiger partial charge on any atom is -0.463 e. The van der Waals surface area contributed by atoms with Crippen molar-refractivity contribution < 1.29 is 9.53 Å². The molecule has 1 fully saturated rings. The van der Waals surface area contributed by atoms with Crippen LogP contribution >= 0.6 is 0 Å². The zero-order valence-electron chi connectivity index (χ0n) is 9.30. The number of carbonyl (C=O) groups is 1. The highest BCUT2D eigenvalue weighted by molar-refractivity contribution is 5.82. The minimum atomic E-state index is -0.313. The lowest BCUT2D eigenvalue weighted by molar-refractivity contribution is -0.137. The number of rotatable bonds is 5. The Bertz CT molecular complexity index is 281. The number of carbonyl (C=O) groups excluding carboxylic acids is 1. The van der Waals surface area contributed by atoms with Crippen LogP contribution in [0, 0.1) is 31.6 Å². The molecule has 0 spiro atoms. The largest absolute Gasteiger partial charge is 0.463 e. The van der Waals surface area contributed by atoms with E-state index in [1.54, 1.807) is 19.1 Å². The monoisotopic (exact) mass is 215 g/mol. The Morgan fingerprint density at radius 3 is 2.56 bits per heavy atom. The van der Waals surface area contributed by atoms with Crippen molar-refractivity contribution in [3.8, 4) is 0 Å². The van der Waals surface area contributed by atoms with Crippen molar-refractivity contribution in [2.45, 2.75) is 6.92 Å². The summed E-state index contributed by atoms with van der Waals surface area (Å²) in [5, 5.41) is 0. The Hall–Kier alpha value is -1.31. The van der Waals surface area contributed by atoms with Crippen LogP contribution in [0.25, 0.3) is 0 Å². The maximum absolute atomic E-state index is 10.9. The van der Waals surface area contributed by atoms with E-state index in [2.05, 4.69) is 0 Å². The van der Waals surface area contributed by atoms with Crippen LogP contribution in [0.4, 0.5) is 0 Å². The molecule has 0 N–H and O–H groups in total. The van der Waals surface area contributed by atoms with E-state index in [1.165, 1.54) is 12.0 Å². The van der Waals surface area contributed by atoms with Crippen LogP contribution < -0.4 is 0 Å². The van der Waals surface area contributed by atoms with Gasteiger partial charge in [0.05, 0.1) is 6.61 Å². The van der Waals surface area contributed by atoms with Crippen molar-refractivity contribution in [1.82, 2.24) is 0 Å². The highest BCUT2D eigenvalue weighted by Gasteiger charge is 2.12. The average molecular weight is 215 g/mol. The van der Waals surface area contributed by atoms with E-state index in [0.717, 1.165) is 0 Å². The van der Waals surface area contributed by atoms with Gasteiger partial charge in [0.15, 0.2) is 0 Å². The first-order chi connectivity index (χ1) is 7.83. The summed E-state index contributed by atoms with van der Waals surface area (Å²) >= 11 is 0. The zero-order chi connectivity index (χ0) is 11.6. The average Bonchev–Trinajstić information content (AvgIpc) is 2.76. The van der Waals surface area contributed by atoms with Gasteiger partial charge in [0, 0.05) is 12.0 Å². The topological polar surface area (TPSA) is 26.3 Å². The highest BCUT2D eigenvalue weighted by atomic mass is 16.5. The quantitative estimate of drug-likeness (QED) is 0.400. The van der Waals surface area contributed by atoms with Gasteiger partial charge in [0.2, 0.25) is 0 Å². The molecule has 1 saturated carbocycles. The van der Waals surface area contributed by atoms with Gasteiger partial charge in [-0.1, -0.05) is 30.4 Å². The van der Waals surface area contributed by atoms with Gasteiger partial charge in [0.1, 0.15) is 0 Å². The molecule has 1 aliphatic rings. The third kappa shape index (κ3) is 5.54. The van der Waals surface area contributed by atoms with E-state index in [9.17, 15) is 4.79 Å². The normalized spacial score (nSPS) is 18.1. The molecule has 0 heterocycles. The number of hydrogen-bond acceptors (Lipinski definition) is 2. The molecule has 2 heteroatoms. The molecule has 0 aromatic carbocycles. The number of hydrogen-bond donors (Lipinski definition) is 0. The van der Waals surface area contributed by atoms with Crippen molar-refractivity contribution in [2.24, 2.45) is 0 Å². The molecular formula is C14H15O2. The van der Waals surface area contributed by atoms with Gasteiger partial charge in [-0.2, -0.15) is 0 Å². The number of allylic oxidation sites excluding steroid dienone is 5. The molecular weight excluding hydrogens is 200 g/mol. The van der Waals surface area contributed by atoms with Gasteiger partial charge < -0.3 is 4.74 Å². The molecule has 0 saturated heterocycles. The molecule has 0 aromatic rings. The van der Waals surface area contributed by atoms with Crippen LogP contribution in [0.15, 0.2) is 36.5 Å². The Kier molecular flexibility index (Phi) is 6.31. The maximum atomic E-state index is 10.9. The predicted octanol–water partition coefficient (Wildman–Crippen LogP) is 2.62. The zero-order valence-corrected chi connectivity index (χ0v) is 9.30. The molecule has 83 valence electrons. The van der Waals surface area contributed by atoms with Crippen molar-refractivity contribution in [2.75, 3.05) is 6.61 Å². The molecule has 5 radical (unpaired) electrons. The highest BCUT2D eigenvalue weighted by Crippen LogP contribution is 2.23. The predicted molar refractivity (Wildman–Crippen MR) is 64.5 cm³/mol. The molecule has 0 aliphatic heterocycles. The third-order valence-corrected chi connectivity index (χ3v) is 1.83. The summed E-state index contributed by atoms with van der Waals surface area (Å²) in [5.74, 6) is 0.853. The number of esters is 1. The summed E-state index contributed by atoms with van der Waals surface area (Å²) in [6.07, 6.45) is 18.7. The van der Waals surface area contributed by atoms with Crippen LogP contribution in [-0.2, 0) is 9.53 Å². The van der Waals surface area contributed by atoms with Gasteiger partial charge in [-0.05, 0) is 32.6 Å². The van der Waals surface area contributed by atoms with Crippen molar-refractivity contribution >= 4 is 5.97 Å². The lowest BCUT2D eigenvalue weighted by Gasteiger charge is -1.95. The Morgan fingerprint density at radius 2 is 1.88 bits per heavy atom. The summed E-state index contributed by atoms with van der Waals surface area (Å²) in [6, 6.07) is 0. The summed E-state index contributed by atoms with van der Waals surface area (Å²) < 4.78 is 4.73. The van der Waals surface area contributed by atoms with Crippen LogP contribution in [0.2, 0.25) is 0 Å². The summed E-state index contributed by atoms with van der Waals surface area (Å²) in [4.78, 5) is 10.9. The van der Waals surface area contributed by atoms with Gasteiger partial charge in [-0.3, -0.25) is 0 Å². The van der Waals surface area contributed by atoms with E-state index in [-0.39, 0.29) is 5.97 Å². The SMILES string of the molecule is CCOC(=O)/C=C/C=C/C=C/[C]1[CH][CH][CH][CH]1. The molecule has 0 amide bonds. The summed E-state index contributed by atoms with van der Waals surface area (Å²) in [7, 11) is 0. The molecule has 1 aliphatic carbocycles. The number of ether oxygens (including phenoxy) is 1. The first-order valence-electron chi connectivity index (χ1n) is 5.23. The molecule has 0 atom stereocenters. The fraction of sp³-hybridized carbons (Fsp3) is 0.143. The standard InChI is InChI=1S/C14H15O2/c1-2-16-14(15)12-6-4-3-5-9-13-10-7-8-11-13/h3-12H,2H2,1H3/b4-3+,9-5+,12-6+. The minimum absolute atomic E-state index is 0.313. The van der Waals surface area contributed by atoms with Crippen LogP contribution in [0.1, 0.15) is 6.92 Å². The van der Waals surface area contributed by atoms with Crippen molar-refractivity contribution in [3.63, 3.8) is 0 Å². The Labute approximate surface area is 97.7 Å². The van der Waals surface area contributed by atoms with E-state index >= 15 is 0 Å². The van der Waals surface area contributed by atoms with E-state index in [1.807, 2.05) is 43.9 Å². The second kappa shape index (κ2) is 7.91. The first-order valence-corrected chi connectivity index (χ1v) is 5.23. The second-order valence-corrected chi connectivity index (χ2v) is 3.07. The molecule has 1 rings (SSSR count). The molecule has 16 heavy (non-hydrogen) atoms. The van der Waals surface area contributed by atoms with Crippen LogP contribution in [0.5, 0.6) is 0 Å². The van der Waals surface area contributed by atoms with Gasteiger partial charge >= 0.3 is 5.97 Å². The lowest BCUT2D eigenvalue weighted by Crippen LogP contribution is -1.98. The first kappa shape index (κ1) is 12.8. The van der Waals surface area contributed by atoms with E-state index < -0.39 is 0 Å². The van der Waals surface area contributed by atoms with Crippen molar-refractivity contribution in [1.29, 1.82) is 0 Å². The third-order valence-electron chi connectivity index (χ3n) is 1.83.